The first-order chi connectivity index (χ1) is 13.5. The molecule has 2 unspecified atom stereocenters. The number of fused-ring (bicyclic) bond motifs is 1. The molecule has 1 aromatic carbocycles. The second-order valence-corrected chi connectivity index (χ2v) is 7.41. The molecule has 0 aliphatic rings. The highest BCUT2D eigenvalue weighted by Crippen LogP contribution is 2.22. The van der Waals surface area contributed by atoms with Gasteiger partial charge in [0.15, 0.2) is 4.77 Å². The summed E-state index contributed by atoms with van der Waals surface area (Å²) >= 11 is 5.21. The second kappa shape index (κ2) is 8.56. The van der Waals surface area contributed by atoms with Crippen LogP contribution in [0.25, 0.3) is 10.9 Å². The van der Waals surface area contributed by atoms with Crippen LogP contribution in [0.2, 0.25) is 0 Å². The lowest BCUT2D eigenvalue weighted by Gasteiger charge is -2.17. The average molecular weight is 399 g/mol. The lowest BCUT2D eigenvalue weighted by Crippen LogP contribution is -2.21. The molecule has 0 fully saturated rings. The fourth-order valence-electron chi connectivity index (χ4n) is 3.30. The lowest BCUT2D eigenvalue weighted by atomic mass is 10.0. The maximum absolute atomic E-state index is 12.3. The molecule has 0 aliphatic carbocycles. The van der Waals surface area contributed by atoms with Crippen LogP contribution >= 0.6 is 12.2 Å². The maximum atomic E-state index is 12.3. The van der Waals surface area contributed by atoms with E-state index in [1.165, 1.54) is 17.2 Å². The maximum Gasteiger partial charge on any atom is 0.264 e. The Kier molecular flexibility index (Phi) is 6.14. The van der Waals surface area contributed by atoms with Crippen LogP contribution in [0.3, 0.4) is 0 Å². The summed E-state index contributed by atoms with van der Waals surface area (Å²) < 4.78 is 1.79. The molecule has 0 saturated carbocycles. The summed E-state index contributed by atoms with van der Waals surface area (Å²) in [6, 6.07) is 8.13. The monoisotopic (exact) mass is 398 g/mol. The van der Waals surface area contributed by atoms with Gasteiger partial charge in [0.25, 0.3) is 5.56 Å². The largest absolute Gasteiger partial charge is 0.494 e. The number of para-hydroxylation sites is 1. The van der Waals surface area contributed by atoms with Gasteiger partial charge in [-0.25, -0.2) is 0 Å². The third kappa shape index (κ3) is 3.94. The van der Waals surface area contributed by atoms with Crippen LogP contribution in [-0.4, -0.2) is 31.9 Å². The van der Waals surface area contributed by atoms with E-state index in [-0.39, 0.29) is 28.3 Å². The molecule has 2 atom stereocenters. The van der Waals surface area contributed by atoms with Crippen molar-refractivity contribution in [1.82, 2.24) is 14.5 Å². The molecule has 3 aromatic rings. The van der Waals surface area contributed by atoms with E-state index in [1.54, 1.807) is 4.57 Å². The van der Waals surface area contributed by atoms with Gasteiger partial charge in [0.05, 0.1) is 6.04 Å². The standard InChI is InChI=1S/C21H26N4O2S/c1-4-13(3)25-20(27)17(19(26)24-21(25)28)12-22-15(5-2)10-14-11-23-18-9-7-6-8-16(14)18/h6-9,11-13,15,23,27H,4-5,10H2,1-3H3,(H,24,26,28). The molecule has 0 bridgehead atoms. The van der Waals surface area contributed by atoms with Crippen LogP contribution in [0.1, 0.15) is 50.8 Å². The molecule has 2 heterocycles. The summed E-state index contributed by atoms with van der Waals surface area (Å²) in [5.74, 6) is -0.131. The summed E-state index contributed by atoms with van der Waals surface area (Å²) in [7, 11) is 0. The number of aliphatic imine (C=N–C) groups is 1. The van der Waals surface area contributed by atoms with Gasteiger partial charge < -0.3 is 10.1 Å². The lowest BCUT2D eigenvalue weighted by molar-refractivity contribution is 0.371. The number of aromatic amines is 2. The molecule has 2 aromatic heterocycles. The van der Waals surface area contributed by atoms with Crippen molar-refractivity contribution < 1.29 is 5.11 Å². The van der Waals surface area contributed by atoms with Crippen molar-refractivity contribution in [2.75, 3.05) is 0 Å². The molecule has 0 saturated heterocycles. The van der Waals surface area contributed by atoms with Crippen molar-refractivity contribution in [3.05, 3.63) is 56.7 Å². The minimum atomic E-state index is -0.423. The van der Waals surface area contributed by atoms with Crippen molar-refractivity contribution in [3.8, 4) is 5.88 Å². The zero-order valence-electron chi connectivity index (χ0n) is 16.4. The molecule has 7 heteroatoms. The summed E-state index contributed by atoms with van der Waals surface area (Å²) in [5.41, 5.74) is 2.01. The van der Waals surface area contributed by atoms with E-state index in [0.29, 0.717) is 0 Å². The summed E-state index contributed by atoms with van der Waals surface area (Å²) in [6.45, 7) is 6.01. The number of aromatic hydroxyl groups is 1. The average Bonchev–Trinajstić information content (AvgIpc) is 3.09. The Bertz CT molecular complexity index is 1110. The Labute approximate surface area is 169 Å². The SMILES string of the molecule is CCC(Cc1c[nH]c2ccccc12)N=Cc1c(O)n(C(C)CC)c(=S)[nH]c1=O. The second-order valence-electron chi connectivity index (χ2n) is 7.03. The van der Waals surface area contributed by atoms with Crippen molar-refractivity contribution in [1.29, 1.82) is 0 Å². The molecule has 28 heavy (non-hydrogen) atoms. The molecule has 148 valence electrons. The number of aromatic nitrogens is 3. The summed E-state index contributed by atoms with van der Waals surface area (Å²) in [6.07, 6.45) is 5.84. The molecular weight excluding hydrogens is 372 g/mol. The summed E-state index contributed by atoms with van der Waals surface area (Å²) in [4.78, 5) is 22.9. The molecule has 6 nitrogen and oxygen atoms in total. The number of H-pyrrole nitrogens is 2. The molecule has 0 amide bonds. The van der Waals surface area contributed by atoms with Crippen molar-refractivity contribution in [2.45, 2.75) is 52.1 Å². The van der Waals surface area contributed by atoms with Crippen LogP contribution in [0.5, 0.6) is 5.88 Å². The number of hydrogen-bond donors (Lipinski definition) is 3. The predicted molar refractivity (Wildman–Crippen MR) is 116 cm³/mol. The van der Waals surface area contributed by atoms with Crippen molar-refractivity contribution in [2.24, 2.45) is 4.99 Å². The highest BCUT2D eigenvalue weighted by Gasteiger charge is 2.15. The number of hydrogen-bond acceptors (Lipinski definition) is 4. The highest BCUT2D eigenvalue weighted by molar-refractivity contribution is 7.71. The van der Waals surface area contributed by atoms with Gasteiger partial charge in [-0.3, -0.25) is 19.3 Å². The Morgan fingerprint density at radius 3 is 2.75 bits per heavy atom. The van der Waals surface area contributed by atoms with Crippen LogP contribution in [0.4, 0.5) is 0 Å². The Morgan fingerprint density at radius 1 is 1.29 bits per heavy atom. The number of rotatable bonds is 7. The minimum Gasteiger partial charge on any atom is -0.494 e. The van der Waals surface area contributed by atoms with Gasteiger partial charge in [-0.2, -0.15) is 0 Å². The van der Waals surface area contributed by atoms with Gasteiger partial charge in [-0.1, -0.05) is 32.0 Å². The molecular formula is C21H26N4O2S. The Balaban J connectivity index is 1.91. The topological polar surface area (TPSA) is 86.2 Å². The van der Waals surface area contributed by atoms with E-state index in [4.69, 9.17) is 12.2 Å². The smallest absolute Gasteiger partial charge is 0.264 e. The fraction of sp³-hybridized carbons (Fsp3) is 0.381. The first-order valence-corrected chi connectivity index (χ1v) is 10.0. The molecule has 0 spiro atoms. The quantitative estimate of drug-likeness (QED) is 0.404. The molecule has 3 N–H and O–H groups in total. The van der Waals surface area contributed by atoms with E-state index in [2.05, 4.69) is 28.0 Å². The zero-order valence-corrected chi connectivity index (χ0v) is 17.2. The van der Waals surface area contributed by atoms with Crippen LogP contribution < -0.4 is 5.56 Å². The van der Waals surface area contributed by atoms with Crippen molar-refractivity contribution in [3.63, 3.8) is 0 Å². The molecule has 0 radical (unpaired) electrons. The minimum absolute atomic E-state index is 0.00164. The van der Waals surface area contributed by atoms with E-state index < -0.39 is 5.56 Å². The first-order valence-electron chi connectivity index (χ1n) is 9.62. The fourth-order valence-corrected chi connectivity index (χ4v) is 3.66. The van der Waals surface area contributed by atoms with E-state index >= 15 is 0 Å². The van der Waals surface area contributed by atoms with Gasteiger partial charge in [0, 0.05) is 29.4 Å². The van der Waals surface area contributed by atoms with Gasteiger partial charge in [-0.05, 0) is 50.0 Å². The normalized spacial score (nSPS) is 14.0. The van der Waals surface area contributed by atoms with E-state index in [1.807, 2.05) is 38.2 Å². The van der Waals surface area contributed by atoms with E-state index in [9.17, 15) is 9.90 Å². The van der Waals surface area contributed by atoms with Crippen LogP contribution in [-0.2, 0) is 6.42 Å². The van der Waals surface area contributed by atoms with Gasteiger partial charge in [-0.15, -0.1) is 0 Å². The number of benzene rings is 1. The van der Waals surface area contributed by atoms with E-state index in [0.717, 1.165) is 24.8 Å². The zero-order chi connectivity index (χ0) is 20.3. The van der Waals surface area contributed by atoms with Gasteiger partial charge in [0.1, 0.15) is 5.56 Å². The van der Waals surface area contributed by atoms with Gasteiger partial charge >= 0.3 is 0 Å². The Hall–Kier alpha value is -2.67. The molecule has 0 aliphatic heterocycles. The van der Waals surface area contributed by atoms with Crippen LogP contribution in [0, 0.1) is 4.77 Å². The number of nitrogens with one attached hydrogen (secondary N) is 2. The Morgan fingerprint density at radius 2 is 2.04 bits per heavy atom. The number of nitrogens with zero attached hydrogens (tertiary/aromatic N) is 2. The summed E-state index contributed by atoms with van der Waals surface area (Å²) in [5, 5.41) is 11.8. The predicted octanol–water partition coefficient (Wildman–Crippen LogP) is 4.50. The third-order valence-electron chi connectivity index (χ3n) is 5.20. The van der Waals surface area contributed by atoms with Crippen LogP contribution in [0.15, 0.2) is 40.2 Å². The first kappa shape index (κ1) is 20.1. The highest BCUT2D eigenvalue weighted by atomic mass is 32.1. The third-order valence-corrected chi connectivity index (χ3v) is 5.50. The molecule has 3 rings (SSSR count). The van der Waals surface area contributed by atoms with Crippen molar-refractivity contribution >= 4 is 29.3 Å². The van der Waals surface area contributed by atoms with Gasteiger partial charge in [0.2, 0.25) is 5.88 Å².